The molecule has 6 rings (SSSR count). The largest absolute Gasteiger partial charge is 0.370 e. The molecule has 0 unspecified atom stereocenters. The summed E-state index contributed by atoms with van der Waals surface area (Å²) in [5, 5.41) is 15.6. The SMILES string of the molecule is [N-]=[N+]=NC[C@H]1O[C@H](O[C@H]2O[C@H](CN=[N+]=[N-])[C@H](N=[N+]=[N-])[C@H](OCc3ccccc3)[C@H]2OCc2ccccc2)[C@H](OCc2ccccc2)[C@@H](OCc2ccccc2)[C@H]1N=[N+]=[N-]. The molecule has 4 aromatic rings. The van der Waals surface area contributed by atoms with Gasteiger partial charge in [-0.15, -0.1) is 0 Å². The smallest absolute Gasteiger partial charge is 0.189 e. The lowest BCUT2D eigenvalue weighted by molar-refractivity contribution is -0.369. The Kier molecular flexibility index (Phi) is 16.3. The Morgan fingerprint density at radius 1 is 0.424 bits per heavy atom. The van der Waals surface area contributed by atoms with Crippen molar-refractivity contribution in [2.45, 2.75) is 87.7 Å². The summed E-state index contributed by atoms with van der Waals surface area (Å²) in [6, 6.07) is 35.5. The van der Waals surface area contributed by atoms with Gasteiger partial charge in [-0.1, -0.05) is 142 Å². The second-order valence-corrected chi connectivity index (χ2v) is 13.5. The van der Waals surface area contributed by atoms with Crippen molar-refractivity contribution in [3.63, 3.8) is 0 Å². The quantitative estimate of drug-likeness (QED) is 0.0476. The number of ether oxygens (including phenoxy) is 7. The van der Waals surface area contributed by atoms with Gasteiger partial charge < -0.3 is 33.2 Å². The van der Waals surface area contributed by atoms with Crippen LogP contribution in [0.3, 0.4) is 0 Å². The van der Waals surface area contributed by atoms with Crippen LogP contribution < -0.4 is 0 Å². The van der Waals surface area contributed by atoms with Crippen LogP contribution in [-0.4, -0.2) is 74.4 Å². The molecule has 0 aromatic heterocycles. The second-order valence-electron chi connectivity index (χ2n) is 13.5. The molecule has 59 heavy (non-hydrogen) atoms. The highest BCUT2D eigenvalue weighted by Gasteiger charge is 2.53. The average molecular weight is 803 g/mol. The molecule has 19 heteroatoms. The van der Waals surface area contributed by atoms with Crippen LogP contribution in [0, 0.1) is 0 Å². The molecule has 0 aliphatic carbocycles. The van der Waals surface area contributed by atoms with E-state index >= 15 is 0 Å². The minimum atomic E-state index is -1.35. The van der Waals surface area contributed by atoms with Crippen LogP contribution in [-0.2, 0) is 59.6 Å². The van der Waals surface area contributed by atoms with Crippen molar-refractivity contribution in [2.24, 2.45) is 20.5 Å². The minimum absolute atomic E-state index is 0.0741. The van der Waals surface area contributed by atoms with Gasteiger partial charge in [0, 0.05) is 19.6 Å². The van der Waals surface area contributed by atoms with E-state index in [1.165, 1.54) is 0 Å². The molecule has 0 amide bonds. The van der Waals surface area contributed by atoms with Crippen molar-refractivity contribution >= 4 is 0 Å². The highest BCUT2D eigenvalue weighted by atomic mass is 16.8. The molecule has 2 fully saturated rings. The molecule has 0 spiro atoms. The van der Waals surface area contributed by atoms with Crippen molar-refractivity contribution in [3.05, 3.63) is 185 Å². The maximum atomic E-state index is 9.76. The lowest BCUT2D eigenvalue weighted by Crippen LogP contribution is -2.64. The van der Waals surface area contributed by atoms with Gasteiger partial charge in [-0.05, 0) is 44.4 Å². The van der Waals surface area contributed by atoms with Crippen LogP contribution >= 0.6 is 0 Å². The molecule has 0 saturated carbocycles. The zero-order chi connectivity index (χ0) is 41.1. The van der Waals surface area contributed by atoms with E-state index in [-0.39, 0.29) is 39.5 Å². The third-order valence-corrected chi connectivity index (χ3v) is 9.67. The summed E-state index contributed by atoms with van der Waals surface area (Å²) < 4.78 is 46.0. The molecule has 2 saturated heterocycles. The first-order chi connectivity index (χ1) is 29.1. The van der Waals surface area contributed by atoms with Crippen LogP contribution in [0.2, 0.25) is 0 Å². The Labute approximate surface area is 339 Å². The Morgan fingerprint density at radius 2 is 0.729 bits per heavy atom. The van der Waals surface area contributed by atoms with E-state index in [4.69, 9.17) is 33.2 Å². The Morgan fingerprint density at radius 3 is 1.02 bits per heavy atom. The number of rotatable bonds is 20. The standard InChI is InChI=1S/C40H42N12O7/c41-49-45-21-31-33(47-51-43)35(53-23-27-13-5-1-6-14-27)37(55-25-29-17-9-3-10-18-29)39(57-31)59-40-38(56-26-30-19-11-4-12-20-30)36(54-24-28-15-7-2-8-16-28)34(48-52-44)32(58-40)22-46-50-42/h1-20,31-40H,21-26H2/t31-,32-,33+,34+,35+,36+,37-,38-,39-,40-/m1/s1. The molecule has 2 heterocycles. The first kappa shape index (κ1) is 42.4. The molecule has 10 atom stereocenters. The van der Waals surface area contributed by atoms with Crippen LogP contribution in [0.15, 0.2) is 142 Å². The van der Waals surface area contributed by atoms with Crippen LogP contribution in [0.25, 0.3) is 41.8 Å². The summed E-state index contributed by atoms with van der Waals surface area (Å²) in [6.45, 7) is -0.172. The van der Waals surface area contributed by atoms with E-state index in [9.17, 15) is 22.1 Å². The molecular weight excluding hydrogens is 761 g/mol. The summed E-state index contributed by atoms with van der Waals surface area (Å²) in [7, 11) is 0. The van der Waals surface area contributed by atoms with Gasteiger partial charge in [0.25, 0.3) is 0 Å². The topological polar surface area (TPSA) is 260 Å². The van der Waals surface area contributed by atoms with Crippen molar-refractivity contribution in [1.82, 2.24) is 0 Å². The predicted molar refractivity (Wildman–Crippen MR) is 212 cm³/mol. The maximum absolute atomic E-state index is 9.76. The number of hydrogen-bond donors (Lipinski definition) is 0. The van der Waals surface area contributed by atoms with Gasteiger partial charge in [0.1, 0.15) is 24.4 Å². The summed E-state index contributed by atoms with van der Waals surface area (Å²) in [6.07, 6.45) is -8.99. The van der Waals surface area contributed by atoms with Gasteiger partial charge >= 0.3 is 0 Å². The van der Waals surface area contributed by atoms with Crippen molar-refractivity contribution in [3.8, 4) is 0 Å². The fraction of sp³-hybridized carbons (Fsp3) is 0.400. The van der Waals surface area contributed by atoms with E-state index in [2.05, 4.69) is 40.1 Å². The Balaban J connectivity index is 1.41. The second kappa shape index (κ2) is 22.7. The number of benzene rings is 4. The van der Waals surface area contributed by atoms with E-state index in [1.54, 1.807) is 0 Å². The van der Waals surface area contributed by atoms with Gasteiger partial charge in [0.15, 0.2) is 12.6 Å². The molecule has 0 N–H and O–H groups in total. The molecule has 2 aliphatic rings. The monoisotopic (exact) mass is 802 g/mol. The van der Waals surface area contributed by atoms with Crippen LogP contribution in [0.1, 0.15) is 22.3 Å². The zero-order valence-corrected chi connectivity index (χ0v) is 31.8. The van der Waals surface area contributed by atoms with Gasteiger partial charge in [0.2, 0.25) is 0 Å². The first-order valence-electron chi connectivity index (χ1n) is 18.8. The molecular formula is C40H42N12O7. The first-order valence-corrected chi connectivity index (χ1v) is 18.8. The molecule has 0 radical (unpaired) electrons. The zero-order valence-electron chi connectivity index (χ0n) is 31.8. The fourth-order valence-electron chi connectivity index (χ4n) is 6.87. The Hall–Kier alpha value is -6.16. The number of hydrogen-bond acceptors (Lipinski definition) is 11. The minimum Gasteiger partial charge on any atom is -0.370 e. The molecule has 4 aromatic carbocycles. The molecule has 0 bridgehead atoms. The van der Waals surface area contributed by atoms with Crippen molar-refractivity contribution < 1.29 is 33.2 Å². The van der Waals surface area contributed by atoms with Gasteiger partial charge in [-0.25, -0.2) is 0 Å². The molecule has 2 aliphatic heterocycles. The van der Waals surface area contributed by atoms with Crippen molar-refractivity contribution in [2.75, 3.05) is 13.1 Å². The molecule has 304 valence electrons. The normalized spacial score (nSPS) is 26.2. The van der Waals surface area contributed by atoms with E-state index in [0.717, 1.165) is 22.3 Å². The summed E-state index contributed by atoms with van der Waals surface area (Å²) in [5.74, 6) is 0. The summed E-state index contributed by atoms with van der Waals surface area (Å²) in [5.41, 5.74) is 41.5. The third-order valence-electron chi connectivity index (χ3n) is 9.67. The lowest BCUT2D eigenvalue weighted by Gasteiger charge is -2.48. The van der Waals surface area contributed by atoms with Crippen LogP contribution in [0.4, 0.5) is 0 Å². The predicted octanol–water partition coefficient (Wildman–Crippen LogP) is 8.77. The highest BCUT2D eigenvalue weighted by Crippen LogP contribution is 2.36. The summed E-state index contributed by atoms with van der Waals surface area (Å²) >= 11 is 0. The maximum Gasteiger partial charge on any atom is 0.189 e. The number of nitrogens with zero attached hydrogens (tertiary/aromatic N) is 12. The highest BCUT2D eigenvalue weighted by molar-refractivity contribution is 5.17. The molecule has 19 nitrogen and oxygen atoms in total. The van der Waals surface area contributed by atoms with Crippen molar-refractivity contribution in [1.29, 1.82) is 0 Å². The Bertz CT molecular complexity index is 1940. The third kappa shape index (κ3) is 11.9. The summed E-state index contributed by atoms with van der Waals surface area (Å²) in [4.78, 5) is 12.0. The van der Waals surface area contributed by atoms with Crippen LogP contribution in [0.5, 0.6) is 0 Å². The number of azide groups is 4. The van der Waals surface area contributed by atoms with E-state index in [0.29, 0.717) is 0 Å². The fourth-order valence-corrected chi connectivity index (χ4v) is 6.87. The van der Waals surface area contributed by atoms with E-state index < -0.39 is 61.3 Å². The lowest BCUT2D eigenvalue weighted by atomic mass is 9.94. The van der Waals surface area contributed by atoms with Gasteiger partial charge in [-0.2, -0.15) is 0 Å². The van der Waals surface area contributed by atoms with E-state index in [1.807, 2.05) is 121 Å². The van der Waals surface area contributed by atoms with Gasteiger partial charge in [-0.3, -0.25) is 0 Å². The average Bonchev–Trinajstić information content (AvgIpc) is 3.28. The van der Waals surface area contributed by atoms with Gasteiger partial charge in [0.05, 0.1) is 63.8 Å².